The zero-order valence-corrected chi connectivity index (χ0v) is 16.9. The van der Waals surface area contributed by atoms with E-state index in [-0.39, 0.29) is 11.8 Å². The van der Waals surface area contributed by atoms with Crippen molar-refractivity contribution in [1.82, 2.24) is 14.9 Å². The molecule has 28 heavy (non-hydrogen) atoms. The van der Waals surface area contributed by atoms with Gasteiger partial charge in [-0.25, -0.2) is 4.98 Å². The molecule has 1 aromatic heterocycles. The number of nitrogens with one attached hydrogen (secondary N) is 1. The van der Waals surface area contributed by atoms with Gasteiger partial charge < -0.3 is 14.6 Å². The van der Waals surface area contributed by atoms with Gasteiger partial charge in [0.1, 0.15) is 11.6 Å². The van der Waals surface area contributed by atoms with Crippen LogP contribution in [0.3, 0.4) is 0 Å². The molecule has 1 heterocycles. The van der Waals surface area contributed by atoms with Crippen molar-refractivity contribution in [3.05, 3.63) is 59.9 Å². The average Bonchev–Trinajstić information content (AvgIpc) is 3.04. The van der Waals surface area contributed by atoms with Gasteiger partial charge in [0.15, 0.2) is 0 Å². The number of imidazole rings is 1. The highest BCUT2D eigenvalue weighted by molar-refractivity contribution is 5.78. The van der Waals surface area contributed by atoms with Crippen molar-refractivity contribution in [3.63, 3.8) is 0 Å². The zero-order valence-electron chi connectivity index (χ0n) is 16.9. The van der Waals surface area contributed by atoms with E-state index >= 15 is 0 Å². The number of hydrogen-bond donors (Lipinski definition) is 1. The van der Waals surface area contributed by atoms with Gasteiger partial charge in [0, 0.05) is 12.5 Å². The highest BCUT2D eigenvalue weighted by Crippen LogP contribution is 2.18. The van der Waals surface area contributed by atoms with Crippen LogP contribution in [-0.4, -0.2) is 22.1 Å². The van der Waals surface area contributed by atoms with Crippen LogP contribution in [0.4, 0.5) is 0 Å². The maximum atomic E-state index is 11.9. The van der Waals surface area contributed by atoms with E-state index < -0.39 is 0 Å². The Bertz CT molecular complexity index is 930. The minimum absolute atomic E-state index is 0.0311. The maximum Gasteiger partial charge on any atom is 0.222 e. The minimum Gasteiger partial charge on any atom is -0.493 e. The molecule has 0 fully saturated rings. The van der Waals surface area contributed by atoms with Crippen LogP contribution < -0.4 is 10.1 Å². The summed E-state index contributed by atoms with van der Waals surface area (Å²) in [7, 11) is 0. The first-order valence-corrected chi connectivity index (χ1v) is 9.96. The molecule has 5 heteroatoms. The molecule has 3 aromatic rings. The molecule has 0 saturated heterocycles. The first-order valence-electron chi connectivity index (χ1n) is 9.96. The Morgan fingerprint density at radius 1 is 1.11 bits per heavy atom. The third-order valence-electron chi connectivity index (χ3n) is 4.81. The fourth-order valence-corrected chi connectivity index (χ4v) is 3.15. The van der Waals surface area contributed by atoms with Crippen molar-refractivity contribution in [2.45, 2.75) is 46.7 Å². The monoisotopic (exact) mass is 379 g/mol. The van der Waals surface area contributed by atoms with Gasteiger partial charge in [-0.15, -0.1) is 0 Å². The summed E-state index contributed by atoms with van der Waals surface area (Å²) in [5.41, 5.74) is 3.23. The molecule has 0 unspecified atom stereocenters. The Morgan fingerprint density at radius 2 is 1.86 bits per heavy atom. The first kappa shape index (κ1) is 19.9. The average molecular weight is 380 g/mol. The lowest BCUT2D eigenvalue weighted by molar-refractivity contribution is -0.124. The smallest absolute Gasteiger partial charge is 0.222 e. The molecule has 2 aromatic carbocycles. The molecule has 3 rings (SSSR count). The van der Waals surface area contributed by atoms with E-state index in [0.717, 1.165) is 47.6 Å². The van der Waals surface area contributed by atoms with Gasteiger partial charge in [-0.3, -0.25) is 4.79 Å². The lowest BCUT2D eigenvalue weighted by Gasteiger charge is -2.12. The number of aromatic nitrogens is 2. The second-order valence-corrected chi connectivity index (χ2v) is 7.36. The minimum atomic E-state index is -0.0311. The number of nitrogens with zero attached hydrogens (tertiary/aromatic N) is 2. The molecule has 0 aliphatic carbocycles. The molecule has 0 saturated carbocycles. The molecule has 0 bridgehead atoms. The number of carbonyl (C=O) groups excluding carboxylic acids is 1. The summed E-state index contributed by atoms with van der Waals surface area (Å²) in [6.07, 6.45) is 1.94. The summed E-state index contributed by atoms with van der Waals surface area (Å²) in [5, 5.41) is 2.98. The van der Waals surface area contributed by atoms with Crippen molar-refractivity contribution in [2.24, 2.45) is 5.92 Å². The summed E-state index contributed by atoms with van der Waals surface area (Å²) in [4.78, 5) is 16.7. The number of unbranched alkanes of at least 4 members (excludes halogenated alkanes) is 1. The number of rotatable bonds is 9. The quantitative estimate of drug-likeness (QED) is 0.558. The Hall–Kier alpha value is -2.82. The van der Waals surface area contributed by atoms with Gasteiger partial charge in [-0.1, -0.05) is 44.2 Å². The molecular weight excluding hydrogens is 350 g/mol. The molecule has 1 N–H and O–H groups in total. The van der Waals surface area contributed by atoms with Crippen LogP contribution in [0.2, 0.25) is 0 Å². The number of benzene rings is 2. The highest BCUT2D eigenvalue weighted by Gasteiger charge is 2.12. The molecule has 5 nitrogen and oxygen atoms in total. The maximum absolute atomic E-state index is 11.9. The molecule has 0 radical (unpaired) electrons. The van der Waals surface area contributed by atoms with Crippen LogP contribution in [0, 0.1) is 12.8 Å². The van der Waals surface area contributed by atoms with Crippen LogP contribution in [0.1, 0.15) is 38.1 Å². The molecule has 0 spiro atoms. The Kier molecular flexibility index (Phi) is 6.69. The summed E-state index contributed by atoms with van der Waals surface area (Å²) < 4.78 is 8.11. The Labute approximate surface area is 166 Å². The van der Waals surface area contributed by atoms with Crippen LogP contribution in [0.5, 0.6) is 5.75 Å². The molecule has 1 amide bonds. The van der Waals surface area contributed by atoms with Gasteiger partial charge in [0.2, 0.25) is 5.91 Å². The highest BCUT2D eigenvalue weighted by atomic mass is 16.5. The number of ether oxygens (including phenoxy) is 1. The summed E-state index contributed by atoms with van der Waals surface area (Å²) in [6.45, 7) is 7.84. The van der Waals surface area contributed by atoms with Crippen LogP contribution in [0.15, 0.2) is 48.5 Å². The van der Waals surface area contributed by atoms with E-state index in [9.17, 15) is 4.79 Å². The molecule has 0 aliphatic heterocycles. The van der Waals surface area contributed by atoms with Gasteiger partial charge in [0.05, 0.1) is 24.2 Å². The van der Waals surface area contributed by atoms with E-state index in [1.165, 1.54) is 0 Å². The number of carbonyl (C=O) groups is 1. The van der Waals surface area contributed by atoms with Crippen molar-refractivity contribution >= 4 is 16.9 Å². The van der Waals surface area contributed by atoms with Crippen molar-refractivity contribution < 1.29 is 9.53 Å². The summed E-state index contributed by atoms with van der Waals surface area (Å²) in [6, 6.07) is 16.2. The summed E-state index contributed by atoms with van der Waals surface area (Å²) in [5.74, 6) is 1.87. The third kappa shape index (κ3) is 4.91. The molecular formula is C23H29N3O2. The van der Waals surface area contributed by atoms with Crippen LogP contribution >= 0.6 is 0 Å². The van der Waals surface area contributed by atoms with Crippen LogP contribution in [-0.2, 0) is 17.9 Å². The molecule has 0 aliphatic rings. The fourth-order valence-electron chi connectivity index (χ4n) is 3.15. The number of hydrogen-bond acceptors (Lipinski definition) is 3. The second-order valence-electron chi connectivity index (χ2n) is 7.36. The standard InChI is InChI=1S/C23H29N3O2/c1-17(2)23(27)24-16-22-25-19-11-5-6-12-20(19)26(22)14-8-9-15-28-21-13-7-4-10-18(21)3/h4-7,10-13,17H,8-9,14-16H2,1-3H3,(H,24,27). The molecule has 148 valence electrons. The van der Waals surface area contributed by atoms with Crippen molar-refractivity contribution in [1.29, 1.82) is 0 Å². The fraction of sp³-hybridized carbons (Fsp3) is 0.391. The topological polar surface area (TPSA) is 56.1 Å². The number of para-hydroxylation sites is 3. The van der Waals surface area contributed by atoms with Gasteiger partial charge in [0.25, 0.3) is 0 Å². The predicted molar refractivity (Wildman–Crippen MR) is 112 cm³/mol. The lowest BCUT2D eigenvalue weighted by Crippen LogP contribution is -2.28. The largest absolute Gasteiger partial charge is 0.493 e. The number of aryl methyl sites for hydroxylation is 2. The summed E-state index contributed by atoms with van der Waals surface area (Å²) >= 11 is 0. The molecule has 0 atom stereocenters. The second kappa shape index (κ2) is 9.40. The van der Waals surface area contributed by atoms with E-state index in [2.05, 4.69) is 28.9 Å². The third-order valence-corrected chi connectivity index (χ3v) is 4.81. The van der Waals surface area contributed by atoms with E-state index in [1.807, 2.05) is 50.2 Å². The Balaban J connectivity index is 1.60. The SMILES string of the molecule is Cc1ccccc1OCCCCn1c(CNC(=O)C(C)C)nc2ccccc21. The Morgan fingerprint density at radius 3 is 2.64 bits per heavy atom. The van der Waals surface area contributed by atoms with Crippen molar-refractivity contribution in [2.75, 3.05) is 6.61 Å². The predicted octanol–water partition coefficient (Wildman–Crippen LogP) is 4.48. The normalized spacial score (nSPS) is 11.1. The van der Waals surface area contributed by atoms with Gasteiger partial charge in [-0.05, 0) is 43.5 Å². The number of fused-ring (bicyclic) bond motifs is 1. The lowest BCUT2D eigenvalue weighted by atomic mass is 10.2. The van der Waals surface area contributed by atoms with E-state index in [4.69, 9.17) is 9.72 Å². The number of amides is 1. The first-order chi connectivity index (χ1) is 13.6. The van der Waals surface area contributed by atoms with Gasteiger partial charge >= 0.3 is 0 Å². The van der Waals surface area contributed by atoms with Gasteiger partial charge in [-0.2, -0.15) is 0 Å². The van der Waals surface area contributed by atoms with Crippen LogP contribution in [0.25, 0.3) is 11.0 Å². The van der Waals surface area contributed by atoms with Crippen molar-refractivity contribution in [3.8, 4) is 5.75 Å². The van der Waals surface area contributed by atoms with E-state index in [1.54, 1.807) is 0 Å². The van der Waals surface area contributed by atoms with E-state index in [0.29, 0.717) is 13.2 Å². The zero-order chi connectivity index (χ0) is 19.9.